The van der Waals surface area contributed by atoms with E-state index >= 15 is 0 Å². The minimum atomic E-state index is -0.320. The van der Waals surface area contributed by atoms with E-state index in [4.69, 9.17) is 0 Å². The average Bonchev–Trinajstić information content (AvgIpc) is 2.79. The molecule has 0 aromatic heterocycles. The fourth-order valence-corrected chi connectivity index (χ4v) is 3.21. The summed E-state index contributed by atoms with van der Waals surface area (Å²) in [4.78, 5) is 10.6. The van der Waals surface area contributed by atoms with Crippen LogP contribution in [-0.4, -0.2) is 22.5 Å². The molecule has 1 aliphatic rings. The molecule has 0 radical (unpaired) electrons. The summed E-state index contributed by atoms with van der Waals surface area (Å²) < 4.78 is 0. The van der Waals surface area contributed by atoms with Crippen LogP contribution in [0.3, 0.4) is 0 Å². The van der Waals surface area contributed by atoms with Crippen molar-refractivity contribution < 1.29 is 4.92 Å². The van der Waals surface area contributed by atoms with Crippen LogP contribution in [0, 0.1) is 17.0 Å². The van der Waals surface area contributed by atoms with Gasteiger partial charge in [-0.2, -0.15) is 11.8 Å². The lowest BCUT2D eigenvalue weighted by Crippen LogP contribution is -2.16. The van der Waals surface area contributed by atoms with Gasteiger partial charge in [0.2, 0.25) is 0 Å². The highest BCUT2D eigenvalue weighted by Crippen LogP contribution is 2.31. The number of aryl methyl sites for hydroxylation is 1. The standard InChI is InChI=1S/C13H18N2O2S/c1-9-3-4-11(8-13(9)15(16)17)14-10-5-6-12(7-10)18-2/h3-4,8,10,12,14H,5-7H2,1-2H3. The zero-order valence-corrected chi connectivity index (χ0v) is 11.5. The number of nitro groups is 1. The first-order chi connectivity index (χ1) is 8.60. The maximum absolute atomic E-state index is 10.9. The van der Waals surface area contributed by atoms with E-state index in [1.54, 1.807) is 13.0 Å². The molecule has 1 fully saturated rings. The molecule has 2 atom stereocenters. The molecule has 18 heavy (non-hydrogen) atoms. The fraction of sp³-hybridized carbons (Fsp3) is 0.538. The van der Waals surface area contributed by atoms with Gasteiger partial charge >= 0.3 is 0 Å². The molecule has 1 aromatic rings. The normalized spacial score (nSPS) is 23.0. The summed E-state index contributed by atoms with van der Waals surface area (Å²) in [5, 5.41) is 15.0. The van der Waals surface area contributed by atoms with Crippen molar-refractivity contribution >= 4 is 23.1 Å². The molecule has 1 N–H and O–H groups in total. The third-order valence-electron chi connectivity index (χ3n) is 3.49. The number of hydrogen-bond acceptors (Lipinski definition) is 4. The van der Waals surface area contributed by atoms with Gasteiger partial charge in [0.15, 0.2) is 0 Å². The second kappa shape index (κ2) is 5.61. The number of anilines is 1. The smallest absolute Gasteiger partial charge is 0.274 e. The van der Waals surface area contributed by atoms with Crippen LogP contribution in [-0.2, 0) is 0 Å². The van der Waals surface area contributed by atoms with Gasteiger partial charge in [0.05, 0.1) is 4.92 Å². The number of nitro benzene ring substituents is 1. The van der Waals surface area contributed by atoms with E-state index in [1.807, 2.05) is 23.9 Å². The third-order valence-corrected chi connectivity index (χ3v) is 4.59. The number of benzene rings is 1. The first-order valence-corrected chi connectivity index (χ1v) is 7.43. The van der Waals surface area contributed by atoms with Crippen LogP contribution in [0.1, 0.15) is 24.8 Å². The van der Waals surface area contributed by atoms with Crippen LogP contribution in [0.25, 0.3) is 0 Å². The Bertz CT molecular complexity index is 451. The summed E-state index contributed by atoms with van der Waals surface area (Å²) in [6.07, 6.45) is 5.66. The second-order valence-corrected chi connectivity index (χ2v) is 5.91. The topological polar surface area (TPSA) is 55.2 Å². The summed E-state index contributed by atoms with van der Waals surface area (Å²) >= 11 is 1.91. The maximum Gasteiger partial charge on any atom is 0.274 e. The summed E-state index contributed by atoms with van der Waals surface area (Å²) in [6, 6.07) is 5.82. The monoisotopic (exact) mass is 266 g/mol. The van der Waals surface area contributed by atoms with Gasteiger partial charge in [-0.15, -0.1) is 0 Å². The zero-order chi connectivity index (χ0) is 13.1. The maximum atomic E-state index is 10.9. The van der Waals surface area contributed by atoms with Crippen molar-refractivity contribution in [2.75, 3.05) is 11.6 Å². The van der Waals surface area contributed by atoms with Crippen LogP contribution in [0.4, 0.5) is 11.4 Å². The van der Waals surface area contributed by atoms with Crippen LogP contribution in [0.15, 0.2) is 18.2 Å². The predicted octanol–water partition coefficient (Wildman–Crippen LogP) is 3.60. The minimum absolute atomic E-state index is 0.194. The Kier molecular flexibility index (Phi) is 4.11. The van der Waals surface area contributed by atoms with E-state index in [0.717, 1.165) is 23.8 Å². The molecule has 98 valence electrons. The Balaban J connectivity index is 2.06. The van der Waals surface area contributed by atoms with Crippen molar-refractivity contribution in [3.63, 3.8) is 0 Å². The van der Waals surface area contributed by atoms with Gasteiger partial charge in [-0.05, 0) is 38.5 Å². The molecule has 5 heteroatoms. The van der Waals surface area contributed by atoms with Crippen molar-refractivity contribution in [1.29, 1.82) is 0 Å². The lowest BCUT2D eigenvalue weighted by molar-refractivity contribution is -0.385. The molecule has 1 aromatic carbocycles. The number of nitrogens with one attached hydrogen (secondary N) is 1. The van der Waals surface area contributed by atoms with Crippen LogP contribution in [0.5, 0.6) is 0 Å². The first kappa shape index (κ1) is 13.2. The molecule has 0 saturated heterocycles. The highest BCUT2D eigenvalue weighted by Gasteiger charge is 2.24. The summed E-state index contributed by atoms with van der Waals surface area (Å²) in [5.41, 5.74) is 1.76. The number of hydrogen-bond donors (Lipinski definition) is 1. The molecule has 2 unspecified atom stereocenters. The van der Waals surface area contributed by atoms with E-state index in [9.17, 15) is 10.1 Å². The van der Waals surface area contributed by atoms with Gasteiger partial charge in [-0.1, -0.05) is 6.07 Å². The lowest BCUT2D eigenvalue weighted by atomic mass is 10.1. The van der Waals surface area contributed by atoms with E-state index in [2.05, 4.69) is 11.6 Å². The third kappa shape index (κ3) is 2.96. The molecule has 1 saturated carbocycles. The van der Waals surface area contributed by atoms with Crippen molar-refractivity contribution in [3.8, 4) is 0 Å². The lowest BCUT2D eigenvalue weighted by Gasteiger charge is -2.14. The van der Waals surface area contributed by atoms with E-state index in [-0.39, 0.29) is 10.6 Å². The zero-order valence-electron chi connectivity index (χ0n) is 10.7. The van der Waals surface area contributed by atoms with Gasteiger partial charge in [-0.25, -0.2) is 0 Å². The number of nitrogens with zero attached hydrogens (tertiary/aromatic N) is 1. The summed E-state index contributed by atoms with van der Waals surface area (Å²) in [6.45, 7) is 1.77. The predicted molar refractivity (Wildman–Crippen MR) is 76.4 cm³/mol. The first-order valence-electron chi connectivity index (χ1n) is 6.14. The Labute approximate surface area is 111 Å². The molecule has 0 spiro atoms. The fourth-order valence-electron chi connectivity index (χ4n) is 2.42. The highest BCUT2D eigenvalue weighted by molar-refractivity contribution is 7.99. The van der Waals surface area contributed by atoms with Gasteiger partial charge in [0.25, 0.3) is 5.69 Å². The Morgan fingerprint density at radius 2 is 2.22 bits per heavy atom. The molecule has 4 nitrogen and oxygen atoms in total. The minimum Gasteiger partial charge on any atom is -0.382 e. The van der Waals surface area contributed by atoms with Gasteiger partial charge in [0.1, 0.15) is 0 Å². The molecule has 2 rings (SSSR count). The molecular weight excluding hydrogens is 248 g/mol. The van der Waals surface area contributed by atoms with Crippen LogP contribution >= 0.6 is 11.8 Å². The van der Waals surface area contributed by atoms with Crippen molar-refractivity contribution in [2.45, 2.75) is 37.5 Å². The Hall–Kier alpha value is -1.23. The van der Waals surface area contributed by atoms with E-state index < -0.39 is 0 Å². The van der Waals surface area contributed by atoms with Gasteiger partial charge in [0, 0.05) is 28.6 Å². The van der Waals surface area contributed by atoms with E-state index in [0.29, 0.717) is 11.6 Å². The molecule has 0 heterocycles. The molecule has 0 aliphatic heterocycles. The Morgan fingerprint density at radius 3 is 2.83 bits per heavy atom. The molecule has 0 amide bonds. The Morgan fingerprint density at radius 1 is 1.44 bits per heavy atom. The summed E-state index contributed by atoms with van der Waals surface area (Å²) in [7, 11) is 0. The molecule has 0 bridgehead atoms. The van der Waals surface area contributed by atoms with Crippen molar-refractivity contribution in [1.82, 2.24) is 0 Å². The largest absolute Gasteiger partial charge is 0.382 e. The van der Waals surface area contributed by atoms with Crippen LogP contribution < -0.4 is 5.32 Å². The van der Waals surface area contributed by atoms with Gasteiger partial charge < -0.3 is 5.32 Å². The quantitative estimate of drug-likeness (QED) is 0.668. The van der Waals surface area contributed by atoms with Crippen molar-refractivity contribution in [2.24, 2.45) is 0 Å². The number of thioether (sulfide) groups is 1. The summed E-state index contributed by atoms with van der Waals surface area (Å²) in [5.74, 6) is 0. The SMILES string of the molecule is CSC1CCC(Nc2ccc(C)c([N+](=O)[O-])c2)C1. The van der Waals surface area contributed by atoms with Crippen molar-refractivity contribution in [3.05, 3.63) is 33.9 Å². The highest BCUT2D eigenvalue weighted by atomic mass is 32.2. The molecule has 1 aliphatic carbocycles. The number of rotatable bonds is 4. The second-order valence-electron chi connectivity index (χ2n) is 4.77. The van der Waals surface area contributed by atoms with E-state index in [1.165, 1.54) is 6.42 Å². The average molecular weight is 266 g/mol. The van der Waals surface area contributed by atoms with Gasteiger partial charge in [-0.3, -0.25) is 10.1 Å². The van der Waals surface area contributed by atoms with Crippen LogP contribution in [0.2, 0.25) is 0 Å². The molecular formula is C13H18N2O2S.